The fraction of sp³-hybridized carbons (Fsp3) is 0.353. The van der Waals surface area contributed by atoms with Crippen molar-refractivity contribution in [2.24, 2.45) is 0 Å². The van der Waals surface area contributed by atoms with Crippen LogP contribution in [-0.4, -0.2) is 30.8 Å². The topological polar surface area (TPSA) is 83.5 Å². The number of aryl methyl sites for hydroxylation is 1. The molecule has 3 rings (SSSR count). The zero-order valence-electron chi connectivity index (χ0n) is 13.9. The number of thioether (sulfide) groups is 1. The van der Waals surface area contributed by atoms with Crippen LogP contribution in [-0.2, 0) is 6.54 Å². The Hall–Kier alpha value is -2.28. The Kier molecular flexibility index (Phi) is 4.62. The van der Waals surface area contributed by atoms with Crippen LogP contribution >= 0.6 is 11.8 Å². The number of aromatic nitrogens is 4. The molecule has 3 aromatic rings. The summed E-state index contributed by atoms with van der Waals surface area (Å²) in [7, 11) is 0. The first kappa shape index (κ1) is 16.6. The summed E-state index contributed by atoms with van der Waals surface area (Å²) in [6, 6.07) is 7.78. The molecule has 1 atom stereocenters. The molecule has 0 fully saturated rings. The lowest BCUT2D eigenvalue weighted by atomic mass is 10.1. The number of nitrogens with zero attached hydrogens (tertiary/aromatic N) is 2. The van der Waals surface area contributed by atoms with Crippen LogP contribution in [0, 0.1) is 6.92 Å². The van der Waals surface area contributed by atoms with Crippen molar-refractivity contribution in [3.63, 3.8) is 0 Å². The molecule has 0 radical (unpaired) electrons. The Morgan fingerprint density at radius 1 is 1.38 bits per heavy atom. The van der Waals surface area contributed by atoms with Crippen molar-refractivity contribution in [2.75, 3.05) is 0 Å². The van der Waals surface area contributed by atoms with Crippen molar-refractivity contribution < 1.29 is 4.79 Å². The predicted molar refractivity (Wildman–Crippen MR) is 95.8 cm³/mol. The van der Waals surface area contributed by atoms with Gasteiger partial charge in [-0.05, 0) is 26.3 Å². The van der Waals surface area contributed by atoms with E-state index in [1.165, 1.54) is 11.8 Å². The summed E-state index contributed by atoms with van der Waals surface area (Å²) in [4.78, 5) is 28.0. The van der Waals surface area contributed by atoms with E-state index in [4.69, 9.17) is 0 Å². The Bertz CT molecular complexity index is 938. The summed E-state index contributed by atoms with van der Waals surface area (Å²) < 4.78 is 1.58. The molecule has 0 aliphatic rings. The first-order valence-corrected chi connectivity index (χ1v) is 8.84. The molecular formula is C17H20N4O2S. The van der Waals surface area contributed by atoms with Crippen molar-refractivity contribution in [1.29, 1.82) is 0 Å². The second-order valence-corrected chi connectivity index (χ2v) is 7.07. The number of para-hydroxylation sites is 1. The van der Waals surface area contributed by atoms with Gasteiger partial charge in [0.1, 0.15) is 0 Å². The van der Waals surface area contributed by atoms with E-state index in [1.54, 1.807) is 4.57 Å². The molecule has 126 valence electrons. The molecule has 0 unspecified atom stereocenters. The second kappa shape index (κ2) is 6.68. The van der Waals surface area contributed by atoms with Gasteiger partial charge in [0.15, 0.2) is 10.9 Å². The highest BCUT2D eigenvalue weighted by Gasteiger charge is 2.24. The number of ketones is 1. The number of carbonyl (C=O) groups excluding carboxylic acids is 1. The highest BCUT2D eigenvalue weighted by molar-refractivity contribution is 8.00. The molecule has 0 spiro atoms. The van der Waals surface area contributed by atoms with Gasteiger partial charge < -0.3 is 4.98 Å². The van der Waals surface area contributed by atoms with Crippen LogP contribution in [0.15, 0.2) is 34.2 Å². The van der Waals surface area contributed by atoms with Gasteiger partial charge in [0, 0.05) is 28.7 Å². The molecule has 0 aliphatic carbocycles. The number of hydrogen-bond donors (Lipinski definition) is 2. The van der Waals surface area contributed by atoms with E-state index < -0.39 is 0 Å². The summed E-state index contributed by atoms with van der Waals surface area (Å²) in [5, 5.41) is 7.66. The van der Waals surface area contributed by atoms with Gasteiger partial charge in [-0.3, -0.25) is 9.36 Å². The van der Waals surface area contributed by atoms with Gasteiger partial charge in [-0.2, -0.15) is 0 Å². The minimum absolute atomic E-state index is 0.0356. The molecule has 7 heteroatoms. The van der Waals surface area contributed by atoms with Crippen LogP contribution in [0.1, 0.15) is 36.3 Å². The van der Waals surface area contributed by atoms with Gasteiger partial charge in [-0.15, -0.1) is 5.10 Å². The maximum Gasteiger partial charge on any atom is 0.343 e. The van der Waals surface area contributed by atoms with Gasteiger partial charge in [-0.25, -0.2) is 9.89 Å². The molecule has 0 aliphatic heterocycles. The van der Waals surface area contributed by atoms with Crippen molar-refractivity contribution in [2.45, 2.75) is 44.1 Å². The van der Waals surface area contributed by atoms with E-state index in [0.29, 0.717) is 17.3 Å². The number of nitrogens with one attached hydrogen (secondary N) is 2. The molecule has 24 heavy (non-hydrogen) atoms. The Morgan fingerprint density at radius 2 is 2.12 bits per heavy atom. The van der Waals surface area contributed by atoms with E-state index in [-0.39, 0.29) is 16.7 Å². The number of hydrogen-bond acceptors (Lipinski definition) is 4. The third-order valence-corrected chi connectivity index (χ3v) is 5.05. The number of fused-ring (bicyclic) bond motifs is 1. The first-order chi connectivity index (χ1) is 11.5. The van der Waals surface area contributed by atoms with E-state index in [0.717, 1.165) is 23.0 Å². The summed E-state index contributed by atoms with van der Waals surface area (Å²) in [5.41, 5.74) is 2.30. The van der Waals surface area contributed by atoms with Crippen LogP contribution in [0.5, 0.6) is 0 Å². The lowest BCUT2D eigenvalue weighted by Gasteiger charge is -2.10. The van der Waals surface area contributed by atoms with E-state index in [1.807, 2.05) is 45.0 Å². The number of H-pyrrole nitrogens is 2. The quantitative estimate of drug-likeness (QED) is 0.531. The van der Waals surface area contributed by atoms with Crippen LogP contribution in [0.4, 0.5) is 0 Å². The molecule has 0 saturated heterocycles. The van der Waals surface area contributed by atoms with E-state index in [2.05, 4.69) is 15.2 Å². The van der Waals surface area contributed by atoms with Gasteiger partial charge in [0.25, 0.3) is 0 Å². The summed E-state index contributed by atoms with van der Waals surface area (Å²) in [5.74, 6) is 0.0356. The van der Waals surface area contributed by atoms with Crippen LogP contribution in [0.2, 0.25) is 0 Å². The zero-order valence-corrected chi connectivity index (χ0v) is 14.7. The number of carbonyl (C=O) groups is 1. The van der Waals surface area contributed by atoms with Gasteiger partial charge in [-0.1, -0.05) is 36.9 Å². The number of aromatic amines is 2. The smallest absolute Gasteiger partial charge is 0.343 e. The Labute approximate surface area is 143 Å². The highest BCUT2D eigenvalue weighted by Crippen LogP contribution is 2.28. The average molecular weight is 344 g/mol. The zero-order chi connectivity index (χ0) is 17.3. The third-order valence-electron chi connectivity index (χ3n) is 3.96. The molecule has 1 aromatic carbocycles. The van der Waals surface area contributed by atoms with Crippen molar-refractivity contribution in [3.05, 3.63) is 46.0 Å². The normalized spacial score (nSPS) is 12.6. The van der Waals surface area contributed by atoms with Crippen molar-refractivity contribution in [1.82, 2.24) is 19.7 Å². The van der Waals surface area contributed by atoms with E-state index in [9.17, 15) is 9.59 Å². The Balaban J connectivity index is 1.90. The lowest BCUT2D eigenvalue weighted by Crippen LogP contribution is -2.19. The standard InChI is InChI=1S/C17H20N4O2S/c1-4-9-21-16(23)19-20-17(21)24-11(3)15(22)14-10(2)18-13-8-6-5-7-12(13)14/h5-8,11,18H,4,9H2,1-3H3,(H,19,23)/t11-/m0/s1. The maximum absolute atomic E-state index is 13.0. The molecule has 6 nitrogen and oxygen atoms in total. The summed E-state index contributed by atoms with van der Waals surface area (Å²) in [6.07, 6.45) is 0.830. The van der Waals surface area contributed by atoms with Gasteiger partial charge in [0.2, 0.25) is 0 Å². The third kappa shape index (κ3) is 2.91. The molecule has 2 heterocycles. The van der Waals surface area contributed by atoms with Gasteiger partial charge >= 0.3 is 5.69 Å². The minimum Gasteiger partial charge on any atom is -0.358 e. The molecule has 2 N–H and O–H groups in total. The number of benzene rings is 1. The molecule has 2 aromatic heterocycles. The summed E-state index contributed by atoms with van der Waals surface area (Å²) in [6.45, 7) is 6.35. The number of rotatable bonds is 6. The predicted octanol–water partition coefficient (Wildman–Crippen LogP) is 3.13. The van der Waals surface area contributed by atoms with Gasteiger partial charge in [0.05, 0.1) is 5.25 Å². The summed E-state index contributed by atoms with van der Waals surface area (Å²) >= 11 is 1.31. The maximum atomic E-state index is 13.0. The van der Waals surface area contributed by atoms with Crippen LogP contribution in [0.25, 0.3) is 10.9 Å². The van der Waals surface area contributed by atoms with Crippen molar-refractivity contribution >= 4 is 28.4 Å². The largest absolute Gasteiger partial charge is 0.358 e. The first-order valence-electron chi connectivity index (χ1n) is 7.96. The molecular weight excluding hydrogens is 324 g/mol. The monoisotopic (exact) mass is 344 g/mol. The van der Waals surface area contributed by atoms with Crippen LogP contribution in [0.3, 0.4) is 0 Å². The fourth-order valence-corrected chi connectivity index (χ4v) is 3.76. The molecule has 0 bridgehead atoms. The second-order valence-electron chi connectivity index (χ2n) is 5.76. The minimum atomic E-state index is -0.339. The number of Topliss-reactive ketones (excluding diaryl/α,β-unsaturated/α-hetero) is 1. The van der Waals surface area contributed by atoms with Crippen molar-refractivity contribution in [3.8, 4) is 0 Å². The Morgan fingerprint density at radius 3 is 2.88 bits per heavy atom. The van der Waals surface area contributed by atoms with E-state index >= 15 is 0 Å². The SMILES string of the molecule is CCCn1c(S[C@@H](C)C(=O)c2c(C)[nH]c3ccccc23)n[nH]c1=O. The van der Waals surface area contributed by atoms with Crippen LogP contribution < -0.4 is 5.69 Å². The molecule has 0 saturated carbocycles. The lowest BCUT2D eigenvalue weighted by molar-refractivity contribution is 0.0995. The average Bonchev–Trinajstić information content (AvgIpc) is 3.07. The highest BCUT2D eigenvalue weighted by atomic mass is 32.2. The molecule has 0 amide bonds. The fourth-order valence-electron chi connectivity index (χ4n) is 2.82.